The van der Waals surface area contributed by atoms with Gasteiger partial charge in [0.25, 0.3) is 5.91 Å². The molecule has 9 heteroatoms. The molecule has 1 heterocycles. The fourth-order valence-electron chi connectivity index (χ4n) is 1.10. The summed E-state index contributed by atoms with van der Waals surface area (Å²) in [5, 5.41) is 10.3. The molecule has 0 fully saturated rings. The fourth-order valence-corrected chi connectivity index (χ4v) is 1.40. The van der Waals surface area contributed by atoms with Crippen LogP contribution in [-0.2, 0) is 4.79 Å². The van der Waals surface area contributed by atoms with Crippen LogP contribution in [0.2, 0.25) is 0 Å². The monoisotopic (exact) mass is 329 g/mol. The summed E-state index contributed by atoms with van der Waals surface area (Å²) in [7, 11) is 0. The molecular weight excluding hydrogens is 323 g/mol. The molecule has 1 unspecified atom stereocenters. The van der Waals surface area contributed by atoms with Crippen LogP contribution in [0.3, 0.4) is 0 Å². The highest BCUT2D eigenvalue weighted by atomic mass is 79.9. The normalized spacial score (nSPS) is 13.1. The van der Waals surface area contributed by atoms with Crippen LogP contribution in [-0.4, -0.2) is 29.2 Å². The van der Waals surface area contributed by atoms with Crippen molar-refractivity contribution >= 4 is 27.8 Å². The lowest BCUT2D eigenvalue weighted by Crippen LogP contribution is -2.43. The van der Waals surface area contributed by atoms with Gasteiger partial charge in [0.1, 0.15) is 6.04 Å². The van der Waals surface area contributed by atoms with E-state index in [0.29, 0.717) is 0 Å². The highest BCUT2D eigenvalue weighted by Crippen LogP contribution is 2.22. The van der Waals surface area contributed by atoms with E-state index in [1.54, 1.807) is 5.32 Å². The smallest absolute Gasteiger partial charge is 0.391 e. The second kappa shape index (κ2) is 5.42. The number of carboxylic acids is 1. The number of rotatable bonds is 4. The van der Waals surface area contributed by atoms with Gasteiger partial charge in [-0.05, 0) is 28.1 Å². The van der Waals surface area contributed by atoms with Crippen LogP contribution >= 0.6 is 15.9 Å². The second-order valence-electron chi connectivity index (χ2n) is 3.29. The standard InChI is InChI=1S/C9H7BrF3NO4/c10-6-2-1-5(18-6)7(15)14-4(8(16)17)3-9(11,12)13/h1-2,4H,3H2,(H,14,15)(H,16,17). The van der Waals surface area contributed by atoms with E-state index in [2.05, 4.69) is 15.9 Å². The molecule has 0 bridgehead atoms. The third-order valence-corrected chi connectivity index (χ3v) is 2.26. The first-order chi connectivity index (χ1) is 8.19. The molecule has 100 valence electrons. The molecule has 0 saturated carbocycles. The van der Waals surface area contributed by atoms with Crippen molar-refractivity contribution in [1.82, 2.24) is 5.32 Å². The zero-order chi connectivity index (χ0) is 13.9. The van der Waals surface area contributed by atoms with Gasteiger partial charge < -0.3 is 14.8 Å². The first kappa shape index (κ1) is 14.6. The van der Waals surface area contributed by atoms with Crippen molar-refractivity contribution in [2.45, 2.75) is 18.6 Å². The number of furan rings is 1. The molecular formula is C9H7BrF3NO4. The number of hydrogen-bond acceptors (Lipinski definition) is 3. The summed E-state index contributed by atoms with van der Waals surface area (Å²) in [5.74, 6) is -3.08. The van der Waals surface area contributed by atoms with Crippen molar-refractivity contribution in [2.24, 2.45) is 0 Å². The van der Waals surface area contributed by atoms with Gasteiger partial charge in [-0.1, -0.05) is 0 Å². The van der Waals surface area contributed by atoms with Gasteiger partial charge in [0.15, 0.2) is 10.4 Å². The van der Waals surface area contributed by atoms with Crippen LogP contribution in [0.4, 0.5) is 13.2 Å². The first-order valence-electron chi connectivity index (χ1n) is 4.55. The van der Waals surface area contributed by atoms with E-state index in [-0.39, 0.29) is 10.4 Å². The zero-order valence-corrected chi connectivity index (χ0v) is 10.2. The van der Waals surface area contributed by atoms with Crippen molar-refractivity contribution in [2.75, 3.05) is 0 Å². The number of hydrogen-bond donors (Lipinski definition) is 2. The van der Waals surface area contributed by atoms with Crippen molar-refractivity contribution < 1.29 is 32.3 Å². The highest BCUT2D eigenvalue weighted by Gasteiger charge is 2.36. The van der Waals surface area contributed by atoms with Crippen LogP contribution in [0.25, 0.3) is 0 Å². The number of carboxylic acid groups (broad SMARTS) is 1. The zero-order valence-electron chi connectivity index (χ0n) is 8.62. The number of aliphatic carboxylic acids is 1. The quantitative estimate of drug-likeness (QED) is 0.887. The van der Waals surface area contributed by atoms with Gasteiger partial charge in [-0.15, -0.1) is 0 Å². The number of halogens is 4. The van der Waals surface area contributed by atoms with Gasteiger partial charge >= 0.3 is 12.1 Å². The van der Waals surface area contributed by atoms with Crippen LogP contribution in [0, 0.1) is 0 Å². The minimum Gasteiger partial charge on any atom is -0.480 e. The van der Waals surface area contributed by atoms with Crippen molar-refractivity contribution in [3.8, 4) is 0 Å². The van der Waals surface area contributed by atoms with Crippen molar-refractivity contribution in [3.05, 3.63) is 22.6 Å². The predicted octanol–water partition coefficient (Wildman–Crippen LogP) is 2.18. The third kappa shape index (κ3) is 4.40. The van der Waals surface area contributed by atoms with E-state index in [4.69, 9.17) is 9.52 Å². The topological polar surface area (TPSA) is 79.5 Å². The van der Waals surface area contributed by atoms with Gasteiger partial charge in [0.05, 0.1) is 6.42 Å². The first-order valence-corrected chi connectivity index (χ1v) is 5.34. The molecule has 1 aromatic heterocycles. The molecule has 2 N–H and O–H groups in total. The summed E-state index contributed by atoms with van der Waals surface area (Å²) in [6.45, 7) is 0. The van der Waals surface area contributed by atoms with Gasteiger partial charge in [0.2, 0.25) is 0 Å². The molecule has 1 amide bonds. The van der Waals surface area contributed by atoms with E-state index in [1.165, 1.54) is 12.1 Å². The summed E-state index contributed by atoms with van der Waals surface area (Å²) < 4.78 is 41.2. The maximum atomic E-state index is 12.1. The molecule has 1 atom stereocenters. The molecule has 0 saturated heterocycles. The molecule has 0 radical (unpaired) electrons. The molecule has 5 nitrogen and oxygen atoms in total. The summed E-state index contributed by atoms with van der Waals surface area (Å²) in [5.41, 5.74) is 0. The van der Waals surface area contributed by atoms with Crippen molar-refractivity contribution in [1.29, 1.82) is 0 Å². The SMILES string of the molecule is O=C(NC(CC(F)(F)F)C(=O)O)c1ccc(Br)o1. The van der Waals surface area contributed by atoms with E-state index >= 15 is 0 Å². The van der Waals surface area contributed by atoms with Crippen LogP contribution < -0.4 is 5.32 Å². The summed E-state index contributed by atoms with van der Waals surface area (Å²) in [6, 6.07) is 0.502. The highest BCUT2D eigenvalue weighted by molar-refractivity contribution is 9.10. The predicted molar refractivity (Wildman–Crippen MR) is 56.0 cm³/mol. The van der Waals surface area contributed by atoms with E-state index < -0.39 is 30.5 Å². The Morgan fingerprint density at radius 1 is 1.44 bits per heavy atom. The minimum absolute atomic E-state index is 0.204. The fraction of sp³-hybridized carbons (Fsp3) is 0.333. The number of alkyl halides is 3. The van der Waals surface area contributed by atoms with Gasteiger partial charge in [-0.3, -0.25) is 4.79 Å². The molecule has 0 aromatic carbocycles. The van der Waals surface area contributed by atoms with Gasteiger partial charge in [-0.25, -0.2) is 4.79 Å². The molecule has 0 aliphatic carbocycles. The third-order valence-electron chi connectivity index (χ3n) is 1.84. The Balaban J connectivity index is 2.73. The van der Waals surface area contributed by atoms with Gasteiger partial charge in [-0.2, -0.15) is 13.2 Å². The summed E-state index contributed by atoms with van der Waals surface area (Å²) in [6.07, 6.45) is -6.35. The van der Waals surface area contributed by atoms with E-state index in [1.807, 2.05) is 0 Å². The Kier molecular flexibility index (Phi) is 4.38. The van der Waals surface area contributed by atoms with Crippen molar-refractivity contribution in [3.63, 3.8) is 0 Å². The summed E-state index contributed by atoms with van der Waals surface area (Å²) >= 11 is 2.90. The lowest BCUT2D eigenvalue weighted by atomic mass is 10.2. The lowest BCUT2D eigenvalue weighted by molar-refractivity contribution is -0.157. The Labute approximate surface area is 107 Å². The largest absolute Gasteiger partial charge is 0.480 e. The van der Waals surface area contributed by atoms with E-state index in [0.717, 1.165) is 0 Å². The maximum absolute atomic E-state index is 12.1. The Morgan fingerprint density at radius 2 is 2.06 bits per heavy atom. The van der Waals surface area contributed by atoms with Crippen LogP contribution in [0.1, 0.15) is 17.0 Å². The Hall–Kier alpha value is -1.51. The molecule has 0 aliphatic rings. The number of carbonyl (C=O) groups excluding carboxylic acids is 1. The summed E-state index contributed by atoms with van der Waals surface area (Å²) in [4.78, 5) is 22.0. The van der Waals surface area contributed by atoms with E-state index in [9.17, 15) is 22.8 Å². The Morgan fingerprint density at radius 3 is 2.44 bits per heavy atom. The van der Waals surface area contributed by atoms with Crippen LogP contribution in [0.5, 0.6) is 0 Å². The molecule has 0 aliphatic heterocycles. The second-order valence-corrected chi connectivity index (χ2v) is 4.07. The average molecular weight is 330 g/mol. The Bertz CT molecular complexity index is 457. The maximum Gasteiger partial charge on any atom is 0.391 e. The lowest BCUT2D eigenvalue weighted by Gasteiger charge is -2.15. The van der Waals surface area contributed by atoms with Crippen LogP contribution in [0.15, 0.2) is 21.2 Å². The molecule has 1 rings (SSSR count). The molecule has 18 heavy (non-hydrogen) atoms. The average Bonchev–Trinajstić information content (AvgIpc) is 2.61. The van der Waals surface area contributed by atoms with Gasteiger partial charge in [0, 0.05) is 0 Å². The molecule has 0 spiro atoms. The number of carbonyl (C=O) groups is 2. The minimum atomic E-state index is -4.69. The molecule has 1 aromatic rings. The number of nitrogens with one attached hydrogen (secondary N) is 1. The number of amides is 1.